The number of carboxylic acids is 1. The minimum absolute atomic E-state index is 0. The molecular weight excluding hydrogens is 280 g/mol. The van der Waals surface area contributed by atoms with Crippen LogP contribution in [0.5, 0.6) is 5.75 Å². The smallest absolute Gasteiger partial charge is 0.652 e. The summed E-state index contributed by atoms with van der Waals surface area (Å²) in [4.78, 5) is 19.2. The first-order chi connectivity index (χ1) is 8.13. The van der Waals surface area contributed by atoms with E-state index in [0.717, 1.165) is 0 Å². The van der Waals surface area contributed by atoms with Crippen molar-refractivity contribution in [2.45, 2.75) is 26.4 Å². The van der Waals surface area contributed by atoms with Crippen LogP contribution in [0, 0.1) is 0 Å². The van der Waals surface area contributed by atoms with Gasteiger partial charge in [0.2, 0.25) is 0 Å². The van der Waals surface area contributed by atoms with Crippen LogP contribution in [0.3, 0.4) is 0 Å². The molecular formula is C12H14CaO6. The second-order valence-corrected chi connectivity index (χ2v) is 4.27. The molecule has 0 atom stereocenters. The Hall–Kier alpha value is -0.980. The molecule has 0 aliphatic rings. The molecule has 0 saturated heterocycles. The zero-order chi connectivity index (χ0) is 14.3. The third kappa shape index (κ3) is 10.6. The van der Waals surface area contributed by atoms with Gasteiger partial charge in [0, 0.05) is 0 Å². The molecule has 100 valence electrons. The molecule has 0 unspecified atom stereocenters. The maximum Gasteiger partial charge on any atom is 2.00 e. The van der Waals surface area contributed by atoms with Crippen molar-refractivity contribution in [3.8, 4) is 5.75 Å². The maximum atomic E-state index is 10.8. The summed E-state index contributed by atoms with van der Waals surface area (Å²) in [5.41, 5.74) is -0.187. The van der Waals surface area contributed by atoms with E-state index in [0.29, 0.717) is 5.75 Å². The van der Waals surface area contributed by atoms with Crippen molar-refractivity contribution in [3.05, 3.63) is 29.8 Å². The molecule has 0 heterocycles. The van der Waals surface area contributed by atoms with E-state index < -0.39 is 12.1 Å². The SMILES string of the molecule is CC(C)(C)Oc1ccccc1C(=O)O.O=C([O-])[O-].[Ca+2]. The summed E-state index contributed by atoms with van der Waals surface area (Å²) in [6.45, 7) is 5.64. The minimum Gasteiger partial charge on any atom is -0.652 e. The first kappa shape index (κ1) is 20.3. The van der Waals surface area contributed by atoms with Gasteiger partial charge in [-0.1, -0.05) is 12.1 Å². The van der Waals surface area contributed by atoms with E-state index in [9.17, 15) is 4.79 Å². The fraction of sp³-hybridized carbons (Fsp3) is 0.333. The van der Waals surface area contributed by atoms with Crippen LogP contribution in [0.4, 0.5) is 4.79 Å². The summed E-state index contributed by atoms with van der Waals surface area (Å²) in [7, 11) is 0. The second-order valence-electron chi connectivity index (χ2n) is 4.27. The van der Waals surface area contributed by atoms with Gasteiger partial charge in [0.25, 0.3) is 0 Å². The number of carboxylic acid groups (broad SMARTS) is 3. The van der Waals surface area contributed by atoms with Gasteiger partial charge in [-0.25, -0.2) is 4.79 Å². The predicted octanol–water partition coefficient (Wildman–Crippen LogP) is -0.266. The molecule has 1 N–H and O–H groups in total. The van der Waals surface area contributed by atoms with Crippen LogP contribution < -0.4 is 14.9 Å². The first-order valence-electron chi connectivity index (χ1n) is 5.03. The molecule has 19 heavy (non-hydrogen) atoms. The van der Waals surface area contributed by atoms with Crippen LogP contribution in [0.2, 0.25) is 0 Å². The van der Waals surface area contributed by atoms with Crippen molar-refractivity contribution in [2.75, 3.05) is 0 Å². The largest absolute Gasteiger partial charge is 2.00 e. The Kier molecular flexibility index (Phi) is 9.64. The average Bonchev–Trinajstić information content (AvgIpc) is 2.14. The number of aromatic carboxylic acids is 1. The summed E-state index contributed by atoms with van der Waals surface area (Å²) >= 11 is 0. The average molecular weight is 294 g/mol. The first-order valence-corrected chi connectivity index (χ1v) is 5.03. The molecule has 0 aliphatic heterocycles. The van der Waals surface area contributed by atoms with E-state index in [2.05, 4.69) is 0 Å². The van der Waals surface area contributed by atoms with Gasteiger partial charge in [0.05, 0.1) is 0 Å². The van der Waals surface area contributed by atoms with Crippen molar-refractivity contribution in [1.29, 1.82) is 0 Å². The summed E-state index contributed by atoms with van der Waals surface area (Å²) < 4.78 is 5.51. The van der Waals surface area contributed by atoms with Crippen LogP contribution in [0.25, 0.3) is 0 Å². The standard InChI is InChI=1S/C11H14O3.CH2O3.Ca/c1-11(2,3)14-9-7-5-4-6-8(9)10(12)13;2-1(3)4;/h4-7H,1-3H3,(H,12,13);(H2,2,3,4);/q;;+2/p-2. The molecule has 0 amide bonds. The van der Waals surface area contributed by atoms with E-state index in [-0.39, 0.29) is 48.9 Å². The van der Waals surface area contributed by atoms with Crippen molar-refractivity contribution >= 4 is 49.9 Å². The van der Waals surface area contributed by atoms with Crippen LogP contribution in [-0.2, 0) is 0 Å². The Morgan fingerprint density at radius 3 is 1.95 bits per heavy atom. The number of hydrogen-bond acceptors (Lipinski definition) is 5. The molecule has 0 radical (unpaired) electrons. The Morgan fingerprint density at radius 2 is 1.58 bits per heavy atom. The number of benzene rings is 1. The van der Waals surface area contributed by atoms with Gasteiger partial charge in [0.15, 0.2) is 0 Å². The van der Waals surface area contributed by atoms with Crippen LogP contribution in [-0.4, -0.2) is 60.6 Å². The van der Waals surface area contributed by atoms with E-state index in [4.69, 9.17) is 24.9 Å². The van der Waals surface area contributed by atoms with Gasteiger partial charge in [-0.3, -0.25) is 0 Å². The topological polar surface area (TPSA) is 110 Å². The Labute approximate surface area is 141 Å². The van der Waals surface area contributed by atoms with Gasteiger partial charge >= 0.3 is 43.7 Å². The molecule has 1 aromatic rings. The van der Waals surface area contributed by atoms with Crippen molar-refractivity contribution < 1.29 is 29.6 Å². The van der Waals surface area contributed by atoms with E-state index in [1.54, 1.807) is 18.2 Å². The summed E-state index contributed by atoms with van der Waals surface area (Å²) in [5.74, 6) is -0.558. The quantitative estimate of drug-likeness (QED) is 0.752. The van der Waals surface area contributed by atoms with Crippen LogP contribution in [0.15, 0.2) is 24.3 Å². The van der Waals surface area contributed by atoms with Crippen LogP contribution >= 0.6 is 0 Å². The van der Waals surface area contributed by atoms with Crippen molar-refractivity contribution in [1.82, 2.24) is 0 Å². The Balaban J connectivity index is 0. The zero-order valence-corrected chi connectivity index (χ0v) is 13.2. The number of carbonyl (C=O) groups is 2. The number of para-hydroxylation sites is 1. The van der Waals surface area contributed by atoms with Gasteiger partial charge in [-0.2, -0.15) is 0 Å². The Morgan fingerprint density at radius 1 is 1.16 bits per heavy atom. The van der Waals surface area contributed by atoms with Crippen LogP contribution in [0.1, 0.15) is 31.1 Å². The van der Waals surface area contributed by atoms with Gasteiger partial charge in [0.1, 0.15) is 16.9 Å². The van der Waals surface area contributed by atoms with Gasteiger partial charge < -0.3 is 24.9 Å². The monoisotopic (exact) mass is 294 g/mol. The number of hydrogen-bond donors (Lipinski definition) is 1. The van der Waals surface area contributed by atoms with Gasteiger partial charge in [-0.05, 0) is 39.1 Å². The number of rotatable bonds is 2. The molecule has 7 heteroatoms. The fourth-order valence-corrected chi connectivity index (χ4v) is 1.06. The minimum atomic E-state index is -2.33. The second kappa shape index (κ2) is 9.01. The maximum absolute atomic E-state index is 10.8. The number of carbonyl (C=O) groups excluding carboxylic acids is 1. The zero-order valence-electron chi connectivity index (χ0n) is 11.0. The normalized spacial score (nSPS) is 9.42. The van der Waals surface area contributed by atoms with Crippen molar-refractivity contribution in [3.63, 3.8) is 0 Å². The molecule has 6 nitrogen and oxygen atoms in total. The summed E-state index contributed by atoms with van der Waals surface area (Å²) in [5, 5.41) is 25.5. The van der Waals surface area contributed by atoms with E-state index in [1.165, 1.54) is 6.07 Å². The molecule has 0 saturated carbocycles. The predicted molar refractivity (Wildman–Crippen MR) is 64.9 cm³/mol. The molecule has 0 bridgehead atoms. The van der Waals surface area contributed by atoms with E-state index >= 15 is 0 Å². The molecule has 1 aromatic carbocycles. The molecule has 0 aliphatic carbocycles. The van der Waals surface area contributed by atoms with Gasteiger partial charge in [-0.15, -0.1) is 0 Å². The molecule has 1 rings (SSSR count). The van der Waals surface area contributed by atoms with E-state index in [1.807, 2.05) is 20.8 Å². The third-order valence-corrected chi connectivity index (χ3v) is 1.53. The third-order valence-electron chi connectivity index (χ3n) is 1.53. The molecule has 0 fully saturated rings. The number of ether oxygens (including phenoxy) is 1. The Bertz CT molecular complexity index is 420. The molecule has 0 aromatic heterocycles. The summed E-state index contributed by atoms with van der Waals surface area (Å²) in [6.07, 6.45) is -2.33. The van der Waals surface area contributed by atoms with Crippen molar-refractivity contribution in [2.24, 2.45) is 0 Å². The molecule has 0 spiro atoms. The fourth-order valence-electron chi connectivity index (χ4n) is 1.06. The summed E-state index contributed by atoms with van der Waals surface area (Å²) in [6, 6.07) is 6.63.